The molecule has 3 nitrogen and oxygen atoms in total. The molecule has 1 fully saturated rings. The van der Waals surface area contributed by atoms with Crippen molar-refractivity contribution in [2.75, 3.05) is 6.54 Å². The Kier molecular flexibility index (Phi) is 5.28. The summed E-state index contributed by atoms with van der Waals surface area (Å²) in [5, 5.41) is 0.667. The van der Waals surface area contributed by atoms with Gasteiger partial charge in [-0.3, -0.25) is 0 Å². The minimum Gasteiger partial charge on any atom is -0.207 e. The van der Waals surface area contributed by atoms with Crippen molar-refractivity contribution in [3.8, 4) is 0 Å². The van der Waals surface area contributed by atoms with E-state index in [2.05, 4.69) is 0 Å². The number of aryl methyl sites for hydroxylation is 1. The quantitative estimate of drug-likeness (QED) is 0.773. The van der Waals surface area contributed by atoms with Crippen molar-refractivity contribution >= 4 is 21.6 Å². The van der Waals surface area contributed by atoms with Gasteiger partial charge in [0.2, 0.25) is 10.0 Å². The third-order valence-electron chi connectivity index (χ3n) is 4.64. The van der Waals surface area contributed by atoms with E-state index in [-0.39, 0.29) is 6.04 Å². The molecule has 0 N–H and O–H groups in total. The van der Waals surface area contributed by atoms with Gasteiger partial charge in [-0.15, -0.1) is 0 Å². The van der Waals surface area contributed by atoms with Gasteiger partial charge in [0.1, 0.15) is 0 Å². The van der Waals surface area contributed by atoms with E-state index in [9.17, 15) is 8.42 Å². The molecule has 0 saturated carbocycles. The molecule has 128 valence electrons. The highest BCUT2D eigenvalue weighted by atomic mass is 35.5. The summed E-state index contributed by atoms with van der Waals surface area (Å²) >= 11 is 5.99. The fraction of sp³-hybridized carbons (Fsp3) is 0.368. The van der Waals surface area contributed by atoms with Crippen LogP contribution < -0.4 is 0 Å². The van der Waals surface area contributed by atoms with Crippen LogP contribution in [-0.4, -0.2) is 19.3 Å². The molecule has 0 unspecified atom stereocenters. The molecular weight excluding hydrogens is 342 g/mol. The SMILES string of the molecule is Cc1ccccc1S(=O)(=O)N1CCCCC[C@H]1c1ccc(Cl)cc1. The standard InChI is InChI=1S/C19H22ClNO2S/c1-15-7-4-5-9-19(15)24(22,23)21-14-6-2-3-8-18(21)16-10-12-17(20)13-11-16/h4-5,7,9-13,18H,2-3,6,8,14H2,1H3/t18-/m0/s1. The van der Waals surface area contributed by atoms with E-state index < -0.39 is 10.0 Å². The van der Waals surface area contributed by atoms with Crippen LogP contribution in [0.5, 0.6) is 0 Å². The van der Waals surface area contributed by atoms with E-state index in [4.69, 9.17) is 11.6 Å². The van der Waals surface area contributed by atoms with Crippen molar-refractivity contribution in [1.82, 2.24) is 4.31 Å². The Labute approximate surface area is 149 Å². The molecule has 0 bridgehead atoms. The van der Waals surface area contributed by atoms with Gasteiger partial charge in [-0.05, 0) is 49.1 Å². The maximum absolute atomic E-state index is 13.3. The number of hydrogen-bond donors (Lipinski definition) is 0. The van der Waals surface area contributed by atoms with E-state index in [0.29, 0.717) is 16.5 Å². The molecule has 1 saturated heterocycles. The first-order chi connectivity index (χ1) is 11.5. The first kappa shape index (κ1) is 17.5. The summed E-state index contributed by atoms with van der Waals surface area (Å²) in [6, 6.07) is 14.6. The van der Waals surface area contributed by atoms with Gasteiger partial charge in [0.25, 0.3) is 0 Å². The van der Waals surface area contributed by atoms with Crippen LogP contribution in [0.15, 0.2) is 53.4 Å². The van der Waals surface area contributed by atoms with Crippen LogP contribution in [-0.2, 0) is 10.0 Å². The summed E-state index contributed by atoms with van der Waals surface area (Å²) in [6.45, 7) is 2.41. The zero-order chi connectivity index (χ0) is 17.2. The van der Waals surface area contributed by atoms with E-state index in [1.54, 1.807) is 16.4 Å². The molecule has 0 amide bonds. The van der Waals surface area contributed by atoms with Crippen LogP contribution in [0.25, 0.3) is 0 Å². The highest BCUT2D eigenvalue weighted by Crippen LogP contribution is 2.35. The van der Waals surface area contributed by atoms with Gasteiger partial charge in [-0.1, -0.05) is 54.8 Å². The van der Waals surface area contributed by atoms with E-state index in [1.807, 2.05) is 43.3 Å². The Morgan fingerprint density at radius 3 is 2.42 bits per heavy atom. The average molecular weight is 364 g/mol. The number of sulfonamides is 1. The van der Waals surface area contributed by atoms with E-state index >= 15 is 0 Å². The van der Waals surface area contributed by atoms with Gasteiger partial charge in [0.05, 0.1) is 10.9 Å². The number of rotatable bonds is 3. The fourth-order valence-electron chi connectivity index (χ4n) is 3.36. The largest absolute Gasteiger partial charge is 0.243 e. The zero-order valence-electron chi connectivity index (χ0n) is 13.8. The Morgan fingerprint density at radius 2 is 1.71 bits per heavy atom. The van der Waals surface area contributed by atoms with Gasteiger partial charge >= 0.3 is 0 Å². The lowest BCUT2D eigenvalue weighted by Crippen LogP contribution is -2.35. The zero-order valence-corrected chi connectivity index (χ0v) is 15.4. The van der Waals surface area contributed by atoms with Gasteiger partial charge in [-0.25, -0.2) is 8.42 Å². The molecule has 24 heavy (non-hydrogen) atoms. The van der Waals surface area contributed by atoms with Crippen LogP contribution in [0.4, 0.5) is 0 Å². The number of nitrogens with zero attached hydrogens (tertiary/aromatic N) is 1. The molecule has 0 spiro atoms. The predicted molar refractivity (Wildman–Crippen MR) is 97.7 cm³/mol. The minimum absolute atomic E-state index is 0.130. The van der Waals surface area contributed by atoms with Crippen LogP contribution in [0.2, 0.25) is 5.02 Å². The Morgan fingerprint density at radius 1 is 1.00 bits per heavy atom. The highest BCUT2D eigenvalue weighted by Gasteiger charge is 2.34. The van der Waals surface area contributed by atoms with Crippen LogP contribution in [0.3, 0.4) is 0 Å². The average Bonchev–Trinajstić information content (AvgIpc) is 2.82. The second-order valence-electron chi connectivity index (χ2n) is 6.30. The van der Waals surface area contributed by atoms with E-state index in [0.717, 1.165) is 36.8 Å². The van der Waals surface area contributed by atoms with E-state index in [1.165, 1.54) is 0 Å². The van der Waals surface area contributed by atoms with Crippen LogP contribution in [0.1, 0.15) is 42.9 Å². The molecule has 1 atom stereocenters. The molecule has 1 aliphatic heterocycles. The predicted octanol–water partition coefficient (Wildman–Crippen LogP) is 4.95. The summed E-state index contributed by atoms with van der Waals surface area (Å²) in [5.74, 6) is 0. The van der Waals surface area contributed by atoms with Gasteiger partial charge < -0.3 is 0 Å². The van der Waals surface area contributed by atoms with Crippen molar-refractivity contribution in [2.24, 2.45) is 0 Å². The molecule has 1 aliphatic rings. The number of hydrogen-bond acceptors (Lipinski definition) is 2. The Bertz CT molecular complexity index is 802. The molecule has 2 aromatic rings. The first-order valence-electron chi connectivity index (χ1n) is 8.33. The van der Waals surface area contributed by atoms with Gasteiger partial charge in [0.15, 0.2) is 0 Å². The first-order valence-corrected chi connectivity index (χ1v) is 10.1. The molecule has 3 rings (SSSR count). The lowest BCUT2D eigenvalue weighted by Gasteiger charge is -2.30. The molecule has 1 heterocycles. The van der Waals surface area contributed by atoms with Crippen molar-refractivity contribution < 1.29 is 8.42 Å². The molecular formula is C19H22ClNO2S. The Balaban J connectivity index is 2.04. The van der Waals surface area contributed by atoms with Crippen LogP contribution in [0, 0.1) is 6.92 Å². The maximum atomic E-state index is 13.3. The second-order valence-corrected chi connectivity index (χ2v) is 8.59. The normalized spacial score (nSPS) is 19.8. The third kappa shape index (κ3) is 3.51. The summed E-state index contributed by atoms with van der Waals surface area (Å²) < 4.78 is 28.3. The topological polar surface area (TPSA) is 37.4 Å². The second kappa shape index (κ2) is 7.26. The molecule has 0 radical (unpaired) electrons. The molecule has 5 heteroatoms. The number of halogens is 1. The monoisotopic (exact) mass is 363 g/mol. The highest BCUT2D eigenvalue weighted by molar-refractivity contribution is 7.89. The fourth-order valence-corrected chi connectivity index (χ4v) is 5.40. The van der Waals surface area contributed by atoms with Gasteiger partial charge in [-0.2, -0.15) is 4.31 Å². The van der Waals surface area contributed by atoms with Crippen molar-refractivity contribution in [3.63, 3.8) is 0 Å². The molecule has 0 aromatic heterocycles. The molecule has 2 aromatic carbocycles. The smallest absolute Gasteiger partial charge is 0.207 e. The van der Waals surface area contributed by atoms with Crippen molar-refractivity contribution in [3.05, 3.63) is 64.7 Å². The maximum Gasteiger partial charge on any atom is 0.243 e. The Hall–Kier alpha value is -1.36. The van der Waals surface area contributed by atoms with Gasteiger partial charge in [0, 0.05) is 11.6 Å². The summed E-state index contributed by atoms with van der Waals surface area (Å²) in [7, 11) is -3.52. The summed E-state index contributed by atoms with van der Waals surface area (Å²) in [6.07, 6.45) is 3.83. The van der Waals surface area contributed by atoms with Crippen molar-refractivity contribution in [1.29, 1.82) is 0 Å². The molecule has 0 aliphatic carbocycles. The number of benzene rings is 2. The summed E-state index contributed by atoms with van der Waals surface area (Å²) in [4.78, 5) is 0.408. The lowest BCUT2D eigenvalue weighted by atomic mass is 10.0. The summed E-state index contributed by atoms with van der Waals surface area (Å²) in [5.41, 5.74) is 1.80. The van der Waals surface area contributed by atoms with Crippen LogP contribution >= 0.6 is 11.6 Å². The third-order valence-corrected chi connectivity index (χ3v) is 6.96. The lowest BCUT2D eigenvalue weighted by molar-refractivity contribution is 0.329. The van der Waals surface area contributed by atoms with Crippen molar-refractivity contribution in [2.45, 2.75) is 43.5 Å². The minimum atomic E-state index is -3.52.